The summed E-state index contributed by atoms with van der Waals surface area (Å²) in [4.78, 5) is 38.3. The molecule has 0 saturated heterocycles. The van der Waals surface area contributed by atoms with E-state index in [0.717, 1.165) is 16.6 Å². The van der Waals surface area contributed by atoms with Gasteiger partial charge in [0.1, 0.15) is 12.6 Å². The zero-order chi connectivity index (χ0) is 27.2. The number of anilines is 1. The van der Waals surface area contributed by atoms with Gasteiger partial charge in [-0.1, -0.05) is 42.3 Å². The predicted octanol–water partition coefficient (Wildman–Crippen LogP) is 3.92. The van der Waals surface area contributed by atoms with E-state index in [4.69, 9.17) is 23.2 Å². The number of rotatable bonds is 11. The van der Waals surface area contributed by atoms with E-state index >= 15 is 0 Å². The summed E-state index contributed by atoms with van der Waals surface area (Å²) in [6.07, 6.45) is 1.15. The van der Waals surface area contributed by atoms with Crippen LogP contribution < -0.4 is 9.62 Å². The minimum Gasteiger partial charge on any atom is -0.355 e. The van der Waals surface area contributed by atoms with Gasteiger partial charge in [-0.05, 0) is 43.5 Å². The Kier molecular flexibility index (Phi) is 10.1. The highest BCUT2D eigenvalue weighted by Crippen LogP contribution is 2.29. The third kappa shape index (κ3) is 7.31. The Bertz CT molecular complexity index is 1260. The van der Waals surface area contributed by atoms with Crippen LogP contribution in [0.1, 0.15) is 31.4 Å². The fourth-order valence-corrected chi connectivity index (χ4v) is 4.99. The Morgan fingerprint density at radius 3 is 2.33 bits per heavy atom. The average Bonchev–Trinajstić information content (AvgIpc) is 2.78. The molecular weight excluding hydrogens is 531 g/mol. The van der Waals surface area contributed by atoms with Gasteiger partial charge in [0, 0.05) is 35.3 Å². The first-order valence-electron chi connectivity index (χ1n) is 11.0. The largest absolute Gasteiger partial charge is 0.355 e. The summed E-state index contributed by atoms with van der Waals surface area (Å²) in [5, 5.41) is 14.6. The van der Waals surface area contributed by atoms with E-state index in [9.17, 15) is 28.1 Å². The number of halogens is 2. The molecule has 13 heteroatoms. The number of benzene rings is 2. The Labute approximate surface area is 220 Å². The van der Waals surface area contributed by atoms with Crippen LogP contribution in [0.15, 0.2) is 36.4 Å². The Morgan fingerprint density at radius 2 is 1.81 bits per heavy atom. The molecule has 0 unspecified atom stereocenters. The lowest BCUT2D eigenvalue weighted by Gasteiger charge is -2.33. The second kappa shape index (κ2) is 12.4. The van der Waals surface area contributed by atoms with Gasteiger partial charge in [-0.15, -0.1) is 0 Å². The lowest BCUT2D eigenvalue weighted by Crippen LogP contribution is -2.52. The van der Waals surface area contributed by atoms with E-state index in [1.165, 1.54) is 23.1 Å². The molecule has 196 valence electrons. The number of hydrogen-bond acceptors (Lipinski definition) is 6. The fourth-order valence-electron chi connectivity index (χ4n) is 3.62. The first-order valence-corrected chi connectivity index (χ1v) is 13.6. The molecule has 1 atom stereocenters. The number of nitrogens with zero attached hydrogens (tertiary/aromatic N) is 3. The van der Waals surface area contributed by atoms with Crippen molar-refractivity contribution in [2.45, 2.75) is 39.8 Å². The number of likely N-dealkylation sites (N-methyl/N-ethyl adjacent to an activating group) is 1. The van der Waals surface area contributed by atoms with Gasteiger partial charge in [-0.3, -0.25) is 24.0 Å². The highest BCUT2D eigenvalue weighted by molar-refractivity contribution is 7.92. The maximum Gasteiger partial charge on any atom is 0.271 e. The molecule has 0 aromatic heterocycles. The molecule has 0 heterocycles. The molecular formula is C23H28Cl2N4O6S. The lowest BCUT2D eigenvalue weighted by atomic mass is 10.1. The molecule has 0 radical (unpaired) electrons. The van der Waals surface area contributed by atoms with Gasteiger partial charge >= 0.3 is 0 Å². The van der Waals surface area contributed by atoms with Crippen LogP contribution in [-0.2, 0) is 26.2 Å². The fraction of sp³-hybridized carbons (Fsp3) is 0.391. The van der Waals surface area contributed by atoms with Crippen LogP contribution in [0.3, 0.4) is 0 Å². The number of non-ortho nitro benzene ring substituents is 1. The van der Waals surface area contributed by atoms with Gasteiger partial charge in [-0.25, -0.2) is 8.42 Å². The molecule has 2 rings (SSSR count). The topological polar surface area (TPSA) is 130 Å². The molecule has 0 bridgehead atoms. The van der Waals surface area contributed by atoms with Crippen LogP contribution >= 0.6 is 23.2 Å². The summed E-state index contributed by atoms with van der Waals surface area (Å²) in [7, 11) is -4.04. The number of nitro groups is 1. The normalized spacial score (nSPS) is 12.1. The van der Waals surface area contributed by atoms with Crippen LogP contribution in [0.4, 0.5) is 11.4 Å². The van der Waals surface area contributed by atoms with E-state index in [-0.39, 0.29) is 29.4 Å². The number of nitro benzene ring substituents is 1. The molecule has 2 amide bonds. The van der Waals surface area contributed by atoms with Crippen LogP contribution in [0.2, 0.25) is 10.0 Å². The van der Waals surface area contributed by atoms with Crippen molar-refractivity contribution < 1.29 is 22.9 Å². The molecule has 0 spiro atoms. The van der Waals surface area contributed by atoms with Crippen molar-refractivity contribution >= 4 is 56.4 Å². The second-order valence-corrected chi connectivity index (χ2v) is 10.8. The minimum atomic E-state index is -4.04. The number of carbonyl (C=O) groups excluding carboxylic acids is 2. The predicted molar refractivity (Wildman–Crippen MR) is 140 cm³/mol. The van der Waals surface area contributed by atoms with E-state index in [0.29, 0.717) is 22.7 Å². The molecule has 0 fully saturated rings. The summed E-state index contributed by atoms with van der Waals surface area (Å²) in [6, 6.07) is 7.55. The molecule has 10 nitrogen and oxygen atoms in total. The summed E-state index contributed by atoms with van der Waals surface area (Å²) < 4.78 is 26.2. The molecule has 0 saturated carbocycles. The van der Waals surface area contributed by atoms with Gasteiger partial charge in [0.25, 0.3) is 5.69 Å². The van der Waals surface area contributed by atoms with E-state index < -0.39 is 39.3 Å². The van der Waals surface area contributed by atoms with Crippen LogP contribution in [0.5, 0.6) is 0 Å². The summed E-state index contributed by atoms with van der Waals surface area (Å²) in [5.74, 6) is -1.09. The van der Waals surface area contributed by atoms with Crippen molar-refractivity contribution in [3.63, 3.8) is 0 Å². The highest BCUT2D eigenvalue weighted by atomic mass is 35.5. The van der Waals surface area contributed by atoms with Crippen molar-refractivity contribution in [3.8, 4) is 0 Å². The van der Waals surface area contributed by atoms with Crippen LogP contribution in [0.25, 0.3) is 0 Å². The van der Waals surface area contributed by atoms with Crippen molar-refractivity contribution in [2.24, 2.45) is 0 Å². The Morgan fingerprint density at radius 1 is 1.14 bits per heavy atom. The van der Waals surface area contributed by atoms with E-state index in [1.54, 1.807) is 32.9 Å². The summed E-state index contributed by atoms with van der Waals surface area (Å²) in [6.45, 7) is 4.61. The number of sulfonamides is 1. The number of amides is 2. The van der Waals surface area contributed by atoms with Gasteiger partial charge in [0.05, 0.1) is 16.9 Å². The first-order chi connectivity index (χ1) is 16.8. The smallest absolute Gasteiger partial charge is 0.271 e. The molecule has 1 N–H and O–H groups in total. The van der Waals surface area contributed by atoms with Crippen molar-refractivity contribution in [2.75, 3.05) is 23.7 Å². The van der Waals surface area contributed by atoms with E-state index in [2.05, 4.69) is 5.32 Å². The van der Waals surface area contributed by atoms with Gasteiger partial charge in [0.15, 0.2) is 0 Å². The number of hydrogen-bond donors (Lipinski definition) is 1. The highest BCUT2D eigenvalue weighted by Gasteiger charge is 2.32. The van der Waals surface area contributed by atoms with Crippen LogP contribution in [0, 0.1) is 17.0 Å². The molecule has 2 aromatic rings. The molecule has 2 aromatic carbocycles. The standard InChI is InChI=1S/C23H28Cl2N4O6S/c1-5-20(23(31)26-6-2)27(13-16-8-9-17(24)11-19(16)25)22(30)14-28(36(4,34)35)21-12-18(29(32)33)10-7-15(21)3/h7-12,20H,5-6,13-14H2,1-4H3,(H,26,31)/t20-/m1/s1. The minimum absolute atomic E-state index is 0.00409. The monoisotopic (exact) mass is 558 g/mol. The number of carbonyl (C=O) groups is 2. The van der Waals surface area contributed by atoms with Crippen LogP contribution in [-0.4, -0.2) is 55.4 Å². The van der Waals surface area contributed by atoms with Crippen molar-refractivity contribution in [1.82, 2.24) is 10.2 Å². The molecule has 0 aliphatic carbocycles. The quantitative estimate of drug-likeness (QED) is 0.328. The Hall–Kier alpha value is -2.89. The van der Waals surface area contributed by atoms with Gasteiger partial charge < -0.3 is 10.2 Å². The SMILES string of the molecule is CCNC(=O)[C@@H](CC)N(Cc1ccc(Cl)cc1Cl)C(=O)CN(c1cc([N+](=O)[O-])ccc1C)S(C)(=O)=O. The van der Waals surface area contributed by atoms with Gasteiger partial charge in [0.2, 0.25) is 21.8 Å². The van der Waals surface area contributed by atoms with Crippen molar-refractivity contribution in [3.05, 3.63) is 67.7 Å². The maximum absolute atomic E-state index is 13.6. The average molecular weight is 559 g/mol. The maximum atomic E-state index is 13.6. The molecule has 0 aliphatic rings. The molecule has 36 heavy (non-hydrogen) atoms. The Balaban J connectivity index is 2.55. The number of aryl methyl sites for hydroxylation is 1. The lowest BCUT2D eigenvalue weighted by molar-refractivity contribution is -0.384. The summed E-state index contributed by atoms with van der Waals surface area (Å²) >= 11 is 12.3. The third-order valence-electron chi connectivity index (χ3n) is 5.44. The van der Waals surface area contributed by atoms with Crippen molar-refractivity contribution in [1.29, 1.82) is 0 Å². The second-order valence-electron chi connectivity index (χ2n) is 8.07. The first kappa shape index (κ1) is 29.3. The van der Waals surface area contributed by atoms with Gasteiger partial charge in [-0.2, -0.15) is 0 Å². The number of nitrogens with one attached hydrogen (secondary N) is 1. The van der Waals surface area contributed by atoms with E-state index in [1.807, 2.05) is 0 Å². The zero-order valence-electron chi connectivity index (χ0n) is 20.3. The third-order valence-corrected chi connectivity index (χ3v) is 7.16. The molecule has 0 aliphatic heterocycles. The summed E-state index contributed by atoms with van der Waals surface area (Å²) in [5.41, 5.74) is 0.599. The zero-order valence-corrected chi connectivity index (χ0v) is 22.7.